The van der Waals surface area contributed by atoms with E-state index in [1.165, 1.54) is 0 Å². The van der Waals surface area contributed by atoms with Gasteiger partial charge in [0.2, 0.25) is 0 Å². The van der Waals surface area contributed by atoms with Gasteiger partial charge in [0.15, 0.2) is 5.78 Å². The molecule has 2 aromatic carbocycles. The summed E-state index contributed by atoms with van der Waals surface area (Å²) in [7, 11) is 0. The minimum atomic E-state index is -0.291. The first-order valence-electron chi connectivity index (χ1n) is 9.06. The van der Waals surface area contributed by atoms with Crippen LogP contribution < -0.4 is 4.74 Å². The van der Waals surface area contributed by atoms with Crippen LogP contribution in [0.3, 0.4) is 0 Å². The van der Waals surface area contributed by atoms with Crippen molar-refractivity contribution >= 4 is 27.3 Å². The molecule has 0 saturated heterocycles. The Morgan fingerprint density at radius 2 is 1.93 bits per heavy atom. The lowest BCUT2D eigenvalue weighted by molar-refractivity contribution is 0.105. The van der Waals surface area contributed by atoms with E-state index in [-0.39, 0.29) is 17.3 Å². The lowest BCUT2D eigenvalue weighted by Gasteiger charge is -2.35. The van der Waals surface area contributed by atoms with Gasteiger partial charge in [-0.1, -0.05) is 19.9 Å². The second kappa shape index (κ2) is 6.07. The van der Waals surface area contributed by atoms with Gasteiger partial charge in [-0.15, -0.1) is 0 Å². The Balaban J connectivity index is 1.90. The minimum absolute atomic E-state index is 0.0525. The summed E-state index contributed by atoms with van der Waals surface area (Å²) in [5.41, 5.74) is 6.01. The van der Waals surface area contributed by atoms with Crippen molar-refractivity contribution in [3.05, 3.63) is 68.2 Å². The number of halogens is 1. The Hall–Kier alpha value is -2.38. The monoisotopic (exact) mass is 421 g/mol. The second-order valence-electron chi connectivity index (χ2n) is 7.96. The van der Waals surface area contributed by atoms with Crippen LogP contribution in [0.5, 0.6) is 5.75 Å². The zero-order valence-corrected chi connectivity index (χ0v) is 17.4. The van der Waals surface area contributed by atoms with Crippen molar-refractivity contribution in [1.82, 2.24) is 0 Å². The fourth-order valence-corrected chi connectivity index (χ4v) is 4.62. The molecular formula is C23H20BrNO2. The van der Waals surface area contributed by atoms with Crippen LogP contribution in [-0.4, -0.2) is 11.9 Å². The molecule has 0 heterocycles. The molecule has 0 N–H and O–H groups in total. The molecular weight excluding hydrogens is 402 g/mol. The van der Waals surface area contributed by atoms with Gasteiger partial charge >= 0.3 is 0 Å². The van der Waals surface area contributed by atoms with Crippen LogP contribution >= 0.6 is 15.9 Å². The SMILES string of the molecule is CC(C)Oc1cc2c(cc1Br)C(=O)C1=C(Cc3cc(C#N)ccc31)C2(C)C. The van der Waals surface area contributed by atoms with E-state index in [0.717, 1.165) is 43.6 Å². The summed E-state index contributed by atoms with van der Waals surface area (Å²) >= 11 is 3.56. The zero-order valence-electron chi connectivity index (χ0n) is 15.8. The number of fused-ring (bicyclic) bond motifs is 3. The highest BCUT2D eigenvalue weighted by Gasteiger charge is 2.43. The molecule has 0 amide bonds. The van der Waals surface area contributed by atoms with Crippen LogP contribution in [0.2, 0.25) is 0 Å². The largest absolute Gasteiger partial charge is 0.490 e. The van der Waals surface area contributed by atoms with Gasteiger partial charge < -0.3 is 4.74 Å². The van der Waals surface area contributed by atoms with Gasteiger partial charge in [-0.2, -0.15) is 5.26 Å². The Bertz CT molecular complexity index is 1070. The summed E-state index contributed by atoms with van der Waals surface area (Å²) < 4.78 is 6.73. The summed E-state index contributed by atoms with van der Waals surface area (Å²) in [4.78, 5) is 13.4. The predicted molar refractivity (Wildman–Crippen MR) is 109 cm³/mol. The maximum Gasteiger partial charge on any atom is 0.193 e. The molecule has 2 aromatic rings. The first kappa shape index (κ1) is 18.0. The van der Waals surface area contributed by atoms with Gasteiger partial charge in [0.25, 0.3) is 0 Å². The lowest BCUT2D eigenvalue weighted by Crippen LogP contribution is -2.30. The van der Waals surface area contributed by atoms with Crippen LogP contribution in [0.4, 0.5) is 0 Å². The first-order valence-corrected chi connectivity index (χ1v) is 9.85. The molecule has 0 spiro atoms. The fourth-order valence-electron chi connectivity index (χ4n) is 4.19. The van der Waals surface area contributed by atoms with Gasteiger partial charge in [0, 0.05) is 16.6 Å². The van der Waals surface area contributed by atoms with Gasteiger partial charge in [-0.25, -0.2) is 0 Å². The number of carbonyl (C=O) groups is 1. The van der Waals surface area contributed by atoms with Gasteiger partial charge in [0.05, 0.1) is 22.2 Å². The van der Waals surface area contributed by atoms with Crippen molar-refractivity contribution in [3.63, 3.8) is 0 Å². The number of benzene rings is 2. The summed E-state index contributed by atoms with van der Waals surface area (Å²) in [5.74, 6) is 0.815. The topological polar surface area (TPSA) is 50.1 Å². The third kappa shape index (κ3) is 2.64. The molecule has 3 nitrogen and oxygen atoms in total. The highest BCUT2D eigenvalue weighted by molar-refractivity contribution is 9.10. The molecule has 0 aromatic heterocycles. The van der Waals surface area contributed by atoms with Crippen molar-refractivity contribution in [2.75, 3.05) is 0 Å². The quantitative estimate of drug-likeness (QED) is 0.634. The number of ketones is 1. The third-order valence-corrected chi connectivity index (χ3v) is 6.13. The van der Waals surface area contributed by atoms with Crippen molar-refractivity contribution in [2.45, 2.75) is 45.6 Å². The van der Waals surface area contributed by atoms with E-state index in [1.54, 1.807) is 6.07 Å². The Labute approximate surface area is 167 Å². The molecule has 4 heteroatoms. The number of carbonyl (C=O) groups excluding carboxylic acids is 1. The molecule has 0 bridgehead atoms. The standard InChI is InChI=1S/C23H20BrNO2/c1-12(2)27-20-10-17-16(9-19(20)24)22(26)21-15-6-5-13(11-25)7-14(15)8-18(21)23(17,3)4/h5-7,9-10,12H,8H2,1-4H3. The van der Waals surface area contributed by atoms with Gasteiger partial charge in [-0.3, -0.25) is 4.79 Å². The van der Waals surface area contributed by atoms with Crippen molar-refractivity contribution in [2.24, 2.45) is 0 Å². The number of ether oxygens (including phenoxy) is 1. The van der Waals surface area contributed by atoms with Gasteiger partial charge in [0.1, 0.15) is 5.75 Å². The molecule has 0 saturated carbocycles. The third-order valence-electron chi connectivity index (χ3n) is 5.51. The summed E-state index contributed by atoms with van der Waals surface area (Å²) in [6.07, 6.45) is 0.756. The molecule has 0 aliphatic heterocycles. The second-order valence-corrected chi connectivity index (χ2v) is 8.82. The van der Waals surface area contributed by atoms with Crippen LogP contribution in [0.15, 0.2) is 40.4 Å². The van der Waals surface area contributed by atoms with E-state index < -0.39 is 0 Å². The number of nitrogens with zero attached hydrogens (tertiary/aromatic N) is 1. The Kier molecular flexibility index (Phi) is 4.05. The number of hydrogen-bond donors (Lipinski definition) is 0. The van der Waals surface area contributed by atoms with E-state index in [9.17, 15) is 10.1 Å². The minimum Gasteiger partial charge on any atom is -0.490 e. The average molecular weight is 422 g/mol. The molecule has 2 aliphatic carbocycles. The molecule has 2 aliphatic rings. The number of Topliss-reactive ketones (excluding diaryl/α,β-unsaturated/α-hetero) is 1. The lowest BCUT2D eigenvalue weighted by atomic mass is 9.68. The summed E-state index contributed by atoms with van der Waals surface area (Å²) in [6, 6.07) is 11.7. The molecule has 27 heavy (non-hydrogen) atoms. The average Bonchev–Trinajstić information content (AvgIpc) is 3.00. The van der Waals surface area contributed by atoms with E-state index in [4.69, 9.17) is 4.74 Å². The molecule has 136 valence electrons. The highest BCUT2D eigenvalue weighted by atomic mass is 79.9. The maximum absolute atomic E-state index is 13.4. The smallest absolute Gasteiger partial charge is 0.193 e. The normalized spacial score (nSPS) is 16.7. The van der Waals surface area contributed by atoms with Gasteiger partial charge in [-0.05, 0) is 82.7 Å². The Morgan fingerprint density at radius 3 is 2.59 bits per heavy atom. The molecule has 0 unspecified atom stereocenters. The highest BCUT2D eigenvalue weighted by Crippen LogP contribution is 2.51. The number of allylic oxidation sites excluding steroid dienone is 2. The van der Waals surface area contributed by atoms with Crippen LogP contribution in [0, 0.1) is 11.3 Å². The first-order chi connectivity index (χ1) is 12.7. The van der Waals surface area contributed by atoms with Crippen LogP contribution in [0.25, 0.3) is 5.57 Å². The van der Waals surface area contributed by atoms with E-state index in [0.29, 0.717) is 12.0 Å². The number of nitriles is 1. The summed E-state index contributed by atoms with van der Waals surface area (Å²) in [5, 5.41) is 9.21. The number of rotatable bonds is 2. The Morgan fingerprint density at radius 1 is 1.19 bits per heavy atom. The molecule has 0 fully saturated rings. The fraction of sp³-hybridized carbons (Fsp3) is 0.304. The van der Waals surface area contributed by atoms with E-state index in [1.807, 2.05) is 38.1 Å². The van der Waals surface area contributed by atoms with Crippen LogP contribution in [0.1, 0.15) is 60.3 Å². The predicted octanol–water partition coefficient (Wildman–Crippen LogP) is 5.59. The van der Waals surface area contributed by atoms with E-state index in [2.05, 4.69) is 35.8 Å². The van der Waals surface area contributed by atoms with Crippen molar-refractivity contribution < 1.29 is 9.53 Å². The molecule has 0 atom stereocenters. The molecule has 0 radical (unpaired) electrons. The van der Waals surface area contributed by atoms with Crippen molar-refractivity contribution in [1.29, 1.82) is 5.26 Å². The molecule has 4 rings (SSSR count). The maximum atomic E-state index is 13.4. The number of hydrogen-bond acceptors (Lipinski definition) is 3. The van der Waals surface area contributed by atoms with Crippen LogP contribution in [-0.2, 0) is 11.8 Å². The van der Waals surface area contributed by atoms with Crippen molar-refractivity contribution in [3.8, 4) is 11.8 Å². The van der Waals surface area contributed by atoms with E-state index >= 15 is 0 Å². The zero-order chi connectivity index (χ0) is 19.5. The summed E-state index contributed by atoms with van der Waals surface area (Å²) in [6.45, 7) is 8.31.